The van der Waals surface area contributed by atoms with E-state index in [2.05, 4.69) is 4.98 Å². The Hall–Kier alpha value is -3.72. The monoisotopic (exact) mass is 509 g/mol. The topological polar surface area (TPSA) is 102 Å². The van der Waals surface area contributed by atoms with E-state index in [0.717, 1.165) is 0 Å². The van der Waals surface area contributed by atoms with Gasteiger partial charge in [-0.15, -0.1) is 0 Å². The lowest BCUT2D eigenvalue weighted by Gasteiger charge is -2.36. The molecule has 0 bridgehead atoms. The van der Waals surface area contributed by atoms with Crippen molar-refractivity contribution in [2.24, 2.45) is 5.73 Å². The predicted molar refractivity (Wildman–Crippen MR) is 130 cm³/mol. The van der Waals surface area contributed by atoms with Gasteiger partial charge < -0.3 is 20.1 Å². The SMILES string of the molecule is CC(=O)N1CCn2c(C(=O)N(C(C(N)=O)c3ccccc3)[C@@H]3CCc4c(F)cc(Cl)cc43)cnc2C1. The molecule has 0 fully saturated rings. The molecule has 2 heterocycles. The summed E-state index contributed by atoms with van der Waals surface area (Å²) in [5.41, 5.74) is 7.78. The summed E-state index contributed by atoms with van der Waals surface area (Å²) in [6, 6.07) is 10.0. The molecule has 2 atom stereocenters. The molecule has 1 aliphatic heterocycles. The van der Waals surface area contributed by atoms with Gasteiger partial charge in [0.05, 0.1) is 18.8 Å². The molecule has 0 saturated carbocycles. The van der Waals surface area contributed by atoms with Crippen molar-refractivity contribution in [3.05, 3.63) is 87.7 Å². The molecule has 2 aliphatic rings. The second kappa shape index (κ2) is 9.39. The molecule has 10 heteroatoms. The van der Waals surface area contributed by atoms with Crippen LogP contribution in [0.3, 0.4) is 0 Å². The van der Waals surface area contributed by atoms with Crippen molar-refractivity contribution < 1.29 is 18.8 Å². The summed E-state index contributed by atoms with van der Waals surface area (Å²) in [7, 11) is 0. The number of fused-ring (bicyclic) bond motifs is 2. The first-order valence-electron chi connectivity index (χ1n) is 11.7. The number of hydrogen-bond donors (Lipinski definition) is 1. The van der Waals surface area contributed by atoms with Crippen molar-refractivity contribution in [3.8, 4) is 0 Å². The minimum Gasteiger partial charge on any atom is -0.368 e. The zero-order valence-corrected chi connectivity index (χ0v) is 20.4. The standard InChI is InChI=1S/C26H25ClFN5O3/c1-15(34)31-9-10-32-22(13-30-23(32)14-31)26(36)33(24(25(29)35)16-5-3-2-4-6-16)21-8-7-18-19(21)11-17(27)12-20(18)28/h2-6,11-13,21,24H,7-10,14H2,1H3,(H2,29,35)/t21-,24?/m1/s1. The summed E-state index contributed by atoms with van der Waals surface area (Å²) in [6.45, 7) is 2.60. The second-order valence-electron chi connectivity index (χ2n) is 9.09. The third-order valence-electron chi connectivity index (χ3n) is 6.98. The largest absolute Gasteiger partial charge is 0.368 e. The number of halogens is 2. The Labute approximate surface area is 212 Å². The van der Waals surface area contributed by atoms with Gasteiger partial charge in [-0.1, -0.05) is 41.9 Å². The summed E-state index contributed by atoms with van der Waals surface area (Å²) in [4.78, 5) is 46.5. The van der Waals surface area contributed by atoms with E-state index < -0.39 is 29.7 Å². The summed E-state index contributed by atoms with van der Waals surface area (Å²) in [5.74, 6) is -1.08. The van der Waals surface area contributed by atoms with E-state index in [1.54, 1.807) is 39.8 Å². The zero-order valence-electron chi connectivity index (χ0n) is 19.7. The van der Waals surface area contributed by atoms with Crippen LogP contribution in [0.1, 0.15) is 58.4 Å². The summed E-state index contributed by atoms with van der Waals surface area (Å²) < 4.78 is 16.5. The van der Waals surface area contributed by atoms with E-state index in [9.17, 15) is 18.8 Å². The van der Waals surface area contributed by atoms with Gasteiger partial charge in [-0.25, -0.2) is 9.37 Å². The van der Waals surface area contributed by atoms with Crippen LogP contribution in [-0.4, -0.2) is 43.6 Å². The number of carbonyl (C=O) groups is 3. The van der Waals surface area contributed by atoms with E-state index in [0.29, 0.717) is 48.4 Å². The molecule has 0 saturated heterocycles. The lowest BCUT2D eigenvalue weighted by atomic mass is 9.98. The molecule has 3 aromatic rings. The summed E-state index contributed by atoms with van der Waals surface area (Å²) in [5, 5.41) is 0.215. The number of benzene rings is 2. The highest BCUT2D eigenvalue weighted by Crippen LogP contribution is 2.43. The molecular formula is C26H25ClFN5O3. The van der Waals surface area contributed by atoms with E-state index >= 15 is 0 Å². The lowest BCUT2D eigenvalue weighted by Crippen LogP contribution is -2.45. The first-order chi connectivity index (χ1) is 17.3. The molecule has 186 valence electrons. The smallest absolute Gasteiger partial charge is 0.273 e. The number of imidazole rings is 1. The van der Waals surface area contributed by atoms with Crippen LogP contribution in [0, 0.1) is 5.82 Å². The van der Waals surface area contributed by atoms with E-state index in [-0.39, 0.29) is 23.2 Å². The third-order valence-corrected chi connectivity index (χ3v) is 7.20. The van der Waals surface area contributed by atoms with E-state index in [1.807, 2.05) is 6.07 Å². The second-order valence-corrected chi connectivity index (χ2v) is 9.53. The van der Waals surface area contributed by atoms with Gasteiger partial charge in [-0.05, 0) is 41.7 Å². The molecule has 1 unspecified atom stereocenters. The maximum atomic E-state index is 14.7. The van der Waals surface area contributed by atoms with Crippen LogP contribution in [0.5, 0.6) is 0 Å². The Morgan fingerprint density at radius 2 is 1.94 bits per heavy atom. The van der Waals surface area contributed by atoms with Crippen LogP contribution in [0.2, 0.25) is 5.02 Å². The minimum absolute atomic E-state index is 0.0712. The van der Waals surface area contributed by atoms with Crippen molar-refractivity contribution in [1.29, 1.82) is 0 Å². The molecule has 0 radical (unpaired) electrons. The van der Waals surface area contributed by atoms with Crippen LogP contribution >= 0.6 is 11.6 Å². The highest BCUT2D eigenvalue weighted by Gasteiger charge is 2.41. The van der Waals surface area contributed by atoms with Crippen molar-refractivity contribution >= 4 is 29.3 Å². The van der Waals surface area contributed by atoms with Crippen LogP contribution < -0.4 is 5.73 Å². The van der Waals surface area contributed by atoms with E-state index in [1.165, 1.54) is 24.1 Å². The number of rotatable bonds is 5. The van der Waals surface area contributed by atoms with Crippen molar-refractivity contribution in [1.82, 2.24) is 19.4 Å². The molecule has 5 rings (SSSR count). The normalized spacial score (nSPS) is 17.3. The Morgan fingerprint density at radius 1 is 1.19 bits per heavy atom. The molecule has 2 aromatic carbocycles. The summed E-state index contributed by atoms with van der Waals surface area (Å²) in [6.07, 6.45) is 2.27. The Bertz CT molecular complexity index is 1360. The van der Waals surface area contributed by atoms with Gasteiger partial charge in [0.25, 0.3) is 5.91 Å². The molecule has 1 aromatic heterocycles. The van der Waals surface area contributed by atoms with Gasteiger partial charge in [0.1, 0.15) is 23.4 Å². The first-order valence-corrected chi connectivity index (χ1v) is 12.1. The van der Waals surface area contributed by atoms with Crippen LogP contribution in [0.25, 0.3) is 0 Å². The van der Waals surface area contributed by atoms with Crippen molar-refractivity contribution in [2.45, 2.75) is 44.9 Å². The van der Waals surface area contributed by atoms with Gasteiger partial charge in [0, 0.05) is 25.0 Å². The van der Waals surface area contributed by atoms with Gasteiger partial charge in [-0.2, -0.15) is 0 Å². The lowest BCUT2D eigenvalue weighted by molar-refractivity contribution is -0.130. The van der Waals surface area contributed by atoms with Gasteiger partial charge in [0.2, 0.25) is 11.8 Å². The number of amides is 3. The van der Waals surface area contributed by atoms with Crippen molar-refractivity contribution in [2.75, 3.05) is 6.54 Å². The Morgan fingerprint density at radius 3 is 2.64 bits per heavy atom. The minimum atomic E-state index is -1.10. The Kier molecular flexibility index (Phi) is 6.26. The number of carbonyl (C=O) groups excluding carboxylic acids is 3. The molecule has 8 nitrogen and oxygen atoms in total. The maximum absolute atomic E-state index is 14.7. The third kappa shape index (κ3) is 4.13. The maximum Gasteiger partial charge on any atom is 0.273 e. The number of nitrogens with zero attached hydrogens (tertiary/aromatic N) is 4. The molecular weight excluding hydrogens is 485 g/mol. The molecule has 2 N–H and O–H groups in total. The number of nitrogens with two attached hydrogens (primary N) is 1. The average molecular weight is 510 g/mol. The van der Waals surface area contributed by atoms with Crippen LogP contribution in [0.15, 0.2) is 48.7 Å². The molecule has 1 aliphatic carbocycles. The number of aromatic nitrogens is 2. The highest BCUT2D eigenvalue weighted by molar-refractivity contribution is 6.30. The number of primary amides is 1. The molecule has 36 heavy (non-hydrogen) atoms. The van der Waals surface area contributed by atoms with Crippen LogP contribution in [0.4, 0.5) is 4.39 Å². The zero-order chi connectivity index (χ0) is 25.6. The fourth-order valence-corrected chi connectivity index (χ4v) is 5.49. The predicted octanol–water partition coefficient (Wildman–Crippen LogP) is 3.39. The Balaban J connectivity index is 1.62. The summed E-state index contributed by atoms with van der Waals surface area (Å²) >= 11 is 6.19. The number of hydrogen-bond acceptors (Lipinski definition) is 4. The van der Waals surface area contributed by atoms with Crippen LogP contribution in [-0.2, 0) is 29.1 Å². The first kappa shape index (κ1) is 24.0. The van der Waals surface area contributed by atoms with Gasteiger partial charge in [0.15, 0.2) is 0 Å². The molecule has 3 amide bonds. The highest BCUT2D eigenvalue weighted by atomic mass is 35.5. The molecule has 0 spiro atoms. The average Bonchev–Trinajstić information content (AvgIpc) is 3.46. The fraction of sp³-hybridized carbons (Fsp3) is 0.308. The van der Waals surface area contributed by atoms with E-state index in [4.69, 9.17) is 17.3 Å². The van der Waals surface area contributed by atoms with Crippen molar-refractivity contribution in [3.63, 3.8) is 0 Å². The van der Waals surface area contributed by atoms with Gasteiger partial charge in [-0.3, -0.25) is 14.4 Å². The van der Waals surface area contributed by atoms with Gasteiger partial charge >= 0.3 is 0 Å². The fourth-order valence-electron chi connectivity index (χ4n) is 5.28. The quantitative estimate of drug-likeness (QED) is 0.569.